The van der Waals surface area contributed by atoms with Crippen molar-refractivity contribution in [2.24, 2.45) is 5.92 Å². The van der Waals surface area contributed by atoms with Gasteiger partial charge in [0.05, 0.1) is 13.0 Å². The topological polar surface area (TPSA) is 114 Å². The van der Waals surface area contributed by atoms with Crippen molar-refractivity contribution >= 4 is 23.9 Å². The fourth-order valence-electron chi connectivity index (χ4n) is 2.87. The first-order chi connectivity index (χ1) is 14.1. The monoisotopic (exact) mass is 443 g/mol. The third kappa shape index (κ3) is 10.5. The minimum Gasteiger partial charge on any atom is -0.466 e. The van der Waals surface area contributed by atoms with Crippen LogP contribution >= 0.6 is 0 Å². The van der Waals surface area contributed by atoms with Crippen LogP contribution in [0.25, 0.3) is 0 Å². The van der Waals surface area contributed by atoms with Crippen LogP contribution in [-0.4, -0.2) is 65.2 Å². The van der Waals surface area contributed by atoms with Crippen molar-refractivity contribution in [2.45, 2.75) is 105 Å². The van der Waals surface area contributed by atoms with Crippen molar-refractivity contribution < 1.29 is 28.7 Å². The van der Waals surface area contributed by atoms with Gasteiger partial charge in [-0.25, -0.2) is 9.59 Å². The maximum absolute atomic E-state index is 13.3. The molecule has 1 unspecified atom stereocenters. The van der Waals surface area contributed by atoms with Gasteiger partial charge in [0.2, 0.25) is 5.91 Å². The van der Waals surface area contributed by atoms with E-state index in [-0.39, 0.29) is 31.0 Å². The van der Waals surface area contributed by atoms with Gasteiger partial charge in [0.1, 0.15) is 17.7 Å². The normalized spacial score (nSPS) is 13.6. The number of amides is 3. The van der Waals surface area contributed by atoms with Crippen LogP contribution < -0.4 is 10.6 Å². The molecule has 0 fully saturated rings. The fourth-order valence-corrected chi connectivity index (χ4v) is 2.87. The molecule has 3 amide bonds. The highest BCUT2D eigenvalue weighted by molar-refractivity contribution is 5.93. The van der Waals surface area contributed by atoms with Gasteiger partial charge in [0.15, 0.2) is 0 Å². The summed E-state index contributed by atoms with van der Waals surface area (Å²) in [5.74, 6) is -2.07. The third-order valence-electron chi connectivity index (χ3n) is 4.13. The predicted molar refractivity (Wildman–Crippen MR) is 118 cm³/mol. The molecule has 0 spiro atoms. The summed E-state index contributed by atoms with van der Waals surface area (Å²) >= 11 is 0. The molecule has 0 saturated carbocycles. The number of rotatable bonds is 10. The van der Waals surface area contributed by atoms with Crippen molar-refractivity contribution in [1.82, 2.24) is 15.5 Å². The summed E-state index contributed by atoms with van der Waals surface area (Å²) in [7, 11) is 0. The zero-order chi connectivity index (χ0) is 24.5. The van der Waals surface area contributed by atoms with E-state index in [4.69, 9.17) is 9.47 Å². The quantitative estimate of drug-likeness (QED) is 0.502. The minimum atomic E-state index is -1.15. The lowest BCUT2D eigenvalue weighted by Gasteiger charge is -2.35. The maximum Gasteiger partial charge on any atom is 0.329 e. The number of hydrogen-bond acceptors (Lipinski definition) is 6. The average Bonchev–Trinajstić information content (AvgIpc) is 2.56. The van der Waals surface area contributed by atoms with Crippen molar-refractivity contribution in [3.63, 3.8) is 0 Å². The predicted octanol–water partition coefficient (Wildman–Crippen LogP) is 2.62. The van der Waals surface area contributed by atoms with Crippen LogP contribution in [0.4, 0.5) is 4.79 Å². The Kier molecular flexibility index (Phi) is 11.6. The van der Waals surface area contributed by atoms with Crippen LogP contribution in [-0.2, 0) is 23.9 Å². The van der Waals surface area contributed by atoms with E-state index in [1.54, 1.807) is 69.2 Å². The smallest absolute Gasteiger partial charge is 0.329 e. The first kappa shape index (κ1) is 28.7. The van der Waals surface area contributed by atoms with E-state index in [2.05, 4.69) is 10.6 Å². The molecule has 0 aliphatic rings. The molecule has 0 aromatic rings. The summed E-state index contributed by atoms with van der Waals surface area (Å²) in [5.41, 5.74) is -0.722. The number of ether oxygens (including phenoxy) is 2. The highest BCUT2D eigenvalue weighted by Gasteiger charge is 2.37. The molecule has 0 aromatic carbocycles. The minimum absolute atomic E-state index is 0.152. The van der Waals surface area contributed by atoms with E-state index in [0.29, 0.717) is 0 Å². The lowest BCUT2D eigenvalue weighted by atomic mass is 10.0. The molecule has 9 nitrogen and oxygen atoms in total. The van der Waals surface area contributed by atoms with Gasteiger partial charge >= 0.3 is 18.0 Å². The number of esters is 2. The molecular formula is C22H41N3O6. The van der Waals surface area contributed by atoms with E-state index in [9.17, 15) is 19.2 Å². The highest BCUT2D eigenvalue weighted by atomic mass is 16.6. The Morgan fingerprint density at radius 1 is 0.935 bits per heavy atom. The first-order valence-corrected chi connectivity index (χ1v) is 10.9. The van der Waals surface area contributed by atoms with Crippen LogP contribution in [0, 0.1) is 5.92 Å². The zero-order valence-electron chi connectivity index (χ0n) is 20.7. The van der Waals surface area contributed by atoms with Crippen molar-refractivity contribution in [3.8, 4) is 0 Å². The van der Waals surface area contributed by atoms with E-state index in [1.165, 1.54) is 4.90 Å². The summed E-state index contributed by atoms with van der Waals surface area (Å²) in [6.07, 6.45) is -0.331. The Labute approximate surface area is 186 Å². The molecule has 0 saturated heterocycles. The Morgan fingerprint density at radius 3 is 1.87 bits per heavy atom. The Balaban J connectivity index is 5.91. The van der Waals surface area contributed by atoms with Crippen LogP contribution in [0.3, 0.4) is 0 Å². The lowest BCUT2D eigenvalue weighted by molar-refractivity contribution is -0.160. The molecular weight excluding hydrogens is 402 g/mol. The summed E-state index contributed by atoms with van der Waals surface area (Å²) < 4.78 is 10.4. The number of hydrogen-bond donors (Lipinski definition) is 2. The van der Waals surface area contributed by atoms with Gasteiger partial charge in [-0.15, -0.1) is 0 Å². The van der Waals surface area contributed by atoms with Gasteiger partial charge in [0.25, 0.3) is 0 Å². The van der Waals surface area contributed by atoms with E-state index in [1.807, 2.05) is 0 Å². The Morgan fingerprint density at radius 2 is 1.48 bits per heavy atom. The van der Waals surface area contributed by atoms with Gasteiger partial charge in [-0.1, -0.05) is 13.8 Å². The van der Waals surface area contributed by atoms with Gasteiger partial charge in [0, 0.05) is 12.1 Å². The summed E-state index contributed by atoms with van der Waals surface area (Å²) in [6, 6.07) is -3.11. The molecule has 0 aliphatic carbocycles. The van der Waals surface area contributed by atoms with Crippen LogP contribution in [0.2, 0.25) is 0 Å². The van der Waals surface area contributed by atoms with Gasteiger partial charge < -0.3 is 25.0 Å². The highest BCUT2D eigenvalue weighted by Crippen LogP contribution is 2.16. The lowest BCUT2D eigenvalue weighted by Crippen LogP contribution is -2.59. The molecule has 180 valence electrons. The summed E-state index contributed by atoms with van der Waals surface area (Å²) in [6.45, 7) is 17.7. The maximum atomic E-state index is 13.3. The number of urea groups is 1. The molecule has 0 heterocycles. The standard InChI is InChI=1S/C22H41N3O6/c1-11-30-17(26)12-16(25(15(6)7)21(29)23-14(4)5)19(27)24-18(13(2)3)20(28)31-22(8,9)10/h13-16,18H,11-12H2,1-10H3,(H,23,29)(H,24,27)/t16?,18-/m0/s1. The molecule has 2 N–H and O–H groups in total. The average molecular weight is 444 g/mol. The van der Waals surface area contributed by atoms with Gasteiger partial charge in [-0.05, 0) is 61.3 Å². The third-order valence-corrected chi connectivity index (χ3v) is 4.13. The second-order valence-corrected chi connectivity index (χ2v) is 9.39. The number of nitrogens with zero attached hydrogens (tertiary/aromatic N) is 1. The molecule has 0 radical (unpaired) electrons. The van der Waals surface area contributed by atoms with Crippen LogP contribution in [0.15, 0.2) is 0 Å². The fraction of sp³-hybridized carbons (Fsp3) is 0.818. The number of nitrogens with one attached hydrogen (secondary N) is 2. The number of carbonyl (C=O) groups excluding carboxylic acids is 4. The zero-order valence-corrected chi connectivity index (χ0v) is 20.7. The molecule has 0 bridgehead atoms. The van der Waals surface area contributed by atoms with Crippen molar-refractivity contribution in [1.29, 1.82) is 0 Å². The largest absolute Gasteiger partial charge is 0.466 e. The SMILES string of the molecule is CCOC(=O)CC(C(=O)N[C@H](C(=O)OC(C)(C)C)C(C)C)N(C(=O)NC(C)C)C(C)C. The van der Waals surface area contributed by atoms with Crippen molar-refractivity contribution in [2.75, 3.05) is 6.61 Å². The van der Waals surface area contributed by atoms with Crippen LogP contribution in [0.1, 0.15) is 75.7 Å². The molecule has 31 heavy (non-hydrogen) atoms. The molecule has 0 aromatic heterocycles. The second-order valence-electron chi connectivity index (χ2n) is 9.39. The van der Waals surface area contributed by atoms with E-state index < -0.39 is 41.6 Å². The Hall–Kier alpha value is -2.32. The van der Waals surface area contributed by atoms with E-state index >= 15 is 0 Å². The van der Waals surface area contributed by atoms with Crippen LogP contribution in [0.5, 0.6) is 0 Å². The van der Waals surface area contributed by atoms with E-state index in [0.717, 1.165) is 0 Å². The second kappa shape index (κ2) is 12.5. The molecule has 0 aliphatic heterocycles. The van der Waals surface area contributed by atoms with Gasteiger partial charge in [-0.2, -0.15) is 0 Å². The summed E-state index contributed by atoms with van der Waals surface area (Å²) in [5, 5.41) is 5.44. The molecule has 9 heteroatoms. The number of carbonyl (C=O) groups is 4. The van der Waals surface area contributed by atoms with Crippen molar-refractivity contribution in [3.05, 3.63) is 0 Å². The van der Waals surface area contributed by atoms with Gasteiger partial charge in [-0.3, -0.25) is 9.59 Å². The molecule has 2 atom stereocenters. The molecule has 0 rings (SSSR count). The Bertz CT molecular complexity index is 625. The first-order valence-electron chi connectivity index (χ1n) is 10.9. The summed E-state index contributed by atoms with van der Waals surface area (Å²) in [4.78, 5) is 52.2.